The zero-order chi connectivity index (χ0) is 22.3. The Hall–Kier alpha value is -3.68. The predicted octanol–water partition coefficient (Wildman–Crippen LogP) is 3.42. The topological polar surface area (TPSA) is 95.0 Å². The Labute approximate surface area is 187 Å². The Morgan fingerprint density at radius 1 is 1.06 bits per heavy atom. The molecule has 1 heterocycles. The average molecular weight is 431 g/mol. The standard InChI is InChI=1S/C25H26N4O3/c1-17(19-9-5-11-21(30)13-19)26-29-25(31)24-15-23(27-28-24)20-10-6-12-22(14-20)32-16-18-7-3-2-4-8-18/h2-14,23-24,27-28,30H,15-16H2,1H3,(H,29,31)/b26-17-. The molecule has 0 radical (unpaired) electrons. The van der Waals surface area contributed by atoms with Crippen LogP contribution in [0.5, 0.6) is 11.5 Å². The van der Waals surface area contributed by atoms with E-state index in [4.69, 9.17) is 4.74 Å². The lowest BCUT2D eigenvalue weighted by Gasteiger charge is -2.12. The molecule has 1 fully saturated rings. The Morgan fingerprint density at radius 2 is 1.88 bits per heavy atom. The van der Waals surface area contributed by atoms with Gasteiger partial charge in [-0.2, -0.15) is 5.10 Å². The molecule has 0 aromatic heterocycles. The molecule has 4 N–H and O–H groups in total. The largest absolute Gasteiger partial charge is 0.508 e. The number of nitrogens with zero attached hydrogens (tertiary/aromatic N) is 1. The van der Waals surface area contributed by atoms with Crippen molar-refractivity contribution < 1.29 is 14.6 Å². The lowest BCUT2D eigenvalue weighted by molar-refractivity contribution is -0.122. The fraction of sp³-hybridized carbons (Fsp3) is 0.200. The number of hydrogen-bond donors (Lipinski definition) is 4. The summed E-state index contributed by atoms with van der Waals surface area (Å²) in [5, 5.41) is 13.8. The van der Waals surface area contributed by atoms with Crippen molar-refractivity contribution in [1.29, 1.82) is 0 Å². The van der Waals surface area contributed by atoms with Crippen LogP contribution in [0.4, 0.5) is 0 Å². The van der Waals surface area contributed by atoms with E-state index in [9.17, 15) is 9.90 Å². The normalized spacial score (nSPS) is 18.3. The number of nitrogens with one attached hydrogen (secondary N) is 3. The minimum Gasteiger partial charge on any atom is -0.508 e. The van der Waals surface area contributed by atoms with Crippen molar-refractivity contribution in [2.75, 3.05) is 0 Å². The highest BCUT2D eigenvalue weighted by Crippen LogP contribution is 2.26. The quantitative estimate of drug-likeness (QED) is 0.340. The number of aromatic hydroxyl groups is 1. The van der Waals surface area contributed by atoms with Gasteiger partial charge in [0.25, 0.3) is 5.91 Å². The first-order valence-corrected chi connectivity index (χ1v) is 10.5. The monoisotopic (exact) mass is 430 g/mol. The highest BCUT2D eigenvalue weighted by atomic mass is 16.5. The summed E-state index contributed by atoms with van der Waals surface area (Å²) in [6.45, 7) is 2.28. The number of hydrazone groups is 1. The number of phenols is 1. The van der Waals surface area contributed by atoms with E-state index in [0.717, 1.165) is 22.4 Å². The van der Waals surface area contributed by atoms with Gasteiger partial charge >= 0.3 is 0 Å². The van der Waals surface area contributed by atoms with Crippen molar-refractivity contribution in [3.63, 3.8) is 0 Å². The zero-order valence-electron chi connectivity index (χ0n) is 17.8. The molecule has 1 aliphatic rings. The number of amides is 1. The molecule has 3 aromatic rings. The van der Waals surface area contributed by atoms with Gasteiger partial charge in [0.15, 0.2) is 0 Å². The summed E-state index contributed by atoms with van der Waals surface area (Å²) >= 11 is 0. The van der Waals surface area contributed by atoms with Crippen molar-refractivity contribution in [2.45, 2.75) is 32.0 Å². The molecular formula is C25H26N4O3. The van der Waals surface area contributed by atoms with Gasteiger partial charge in [-0.05, 0) is 48.7 Å². The Morgan fingerprint density at radius 3 is 2.69 bits per heavy atom. The third-order valence-electron chi connectivity index (χ3n) is 5.33. The number of phenolic OH excluding ortho intramolecular Hbond substituents is 1. The van der Waals surface area contributed by atoms with E-state index in [1.54, 1.807) is 25.1 Å². The summed E-state index contributed by atoms with van der Waals surface area (Å²) in [5.74, 6) is 0.714. The first-order valence-electron chi connectivity index (χ1n) is 10.5. The van der Waals surface area contributed by atoms with E-state index >= 15 is 0 Å². The molecule has 1 aliphatic heterocycles. The number of rotatable bonds is 7. The van der Waals surface area contributed by atoms with Gasteiger partial charge < -0.3 is 9.84 Å². The predicted molar refractivity (Wildman–Crippen MR) is 123 cm³/mol. The fourth-order valence-corrected chi connectivity index (χ4v) is 3.52. The fourth-order valence-electron chi connectivity index (χ4n) is 3.52. The van der Waals surface area contributed by atoms with Gasteiger partial charge in [0, 0.05) is 11.6 Å². The smallest absolute Gasteiger partial charge is 0.258 e. The molecule has 7 nitrogen and oxygen atoms in total. The van der Waals surface area contributed by atoms with Gasteiger partial charge in [0.1, 0.15) is 24.1 Å². The van der Waals surface area contributed by atoms with E-state index in [1.165, 1.54) is 0 Å². The summed E-state index contributed by atoms with van der Waals surface area (Å²) in [4.78, 5) is 12.6. The van der Waals surface area contributed by atoms with Crippen LogP contribution in [0, 0.1) is 0 Å². The van der Waals surface area contributed by atoms with Gasteiger partial charge in [-0.1, -0.05) is 54.6 Å². The number of ether oxygens (including phenoxy) is 1. The molecule has 0 bridgehead atoms. The van der Waals surface area contributed by atoms with Crippen molar-refractivity contribution in [3.05, 3.63) is 95.6 Å². The van der Waals surface area contributed by atoms with Crippen molar-refractivity contribution >= 4 is 11.6 Å². The number of hydrogen-bond acceptors (Lipinski definition) is 6. The van der Waals surface area contributed by atoms with Crippen LogP contribution >= 0.6 is 0 Å². The lowest BCUT2D eigenvalue weighted by atomic mass is 10.0. The zero-order valence-corrected chi connectivity index (χ0v) is 17.8. The molecule has 3 aromatic carbocycles. The van der Waals surface area contributed by atoms with Crippen molar-refractivity contribution in [2.24, 2.45) is 5.10 Å². The van der Waals surface area contributed by atoms with E-state index in [0.29, 0.717) is 18.7 Å². The maximum Gasteiger partial charge on any atom is 0.258 e. The summed E-state index contributed by atoms with van der Waals surface area (Å²) in [7, 11) is 0. The van der Waals surface area contributed by atoms with Gasteiger partial charge in [-0.25, -0.2) is 16.3 Å². The highest BCUT2D eigenvalue weighted by Gasteiger charge is 2.30. The van der Waals surface area contributed by atoms with Gasteiger partial charge in [0.2, 0.25) is 0 Å². The van der Waals surface area contributed by atoms with E-state index < -0.39 is 6.04 Å². The molecular weight excluding hydrogens is 404 g/mol. The van der Waals surface area contributed by atoms with E-state index in [-0.39, 0.29) is 17.7 Å². The van der Waals surface area contributed by atoms with Gasteiger partial charge in [0.05, 0.1) is 5.71 Å². The first-order chi connectivity index (χ1) is 15.6. The molecule has 0 spiro atoms. The number of carbonyl (C=O) groups is 1. The molecule has 0 saturated carbocycles. The maximum atomic E-state index is 12.6. The maximum absolute atomic E-state index is 12.6. The average Bonchev–Trinajstić information content (AvgIpc) is 3.32. The van der Waals surface area contributed by atoms with Crippen LogP contribution in [0.15, 0.2) is 84.0 Å². The number of carbonyl (C=O) groups excluding carboxylic acids is 1. The SMILES string of the molecule is C/C(=N/NC(=O)C1CC(c2cccc(OCc3ccccc3)c2)NN1)c1cccc(O)c1. The summed E-state index contributed by atoms with van der Waals surface area (Å²) < 4.78 is 5.92. The third-order valence-corrected chi connectivity index (χ3v) is 5.33. The minimum atomic E-state index is -0.422. The summed E-state index contributed by atoms with van der Waals surface area (Å²) in [5.41, 5.74) is 12.3. The van der Waals surface area contributed by atoms with E-state index in [1.807, 2.05) is 60.7 Å². The first kappa shape index (κ1) is 21.5. The second-order valence-corrected chi connectivity index (χ2v) is 7.70. The molecule has 32 heavy (non-hydrogen) atoms. The number of hydrazine groups is 1. The molecule has 7 heteroatoms. The molecule has 0 aliphatic carbocycles. The van der Waals surface area contributed by atoms with Crippen molar-refractivity contribution in [3.8, 4) is 11.5 Å². The van der Waals surface area contributed by atoms with Crippen molar-refractivity contribution in [1.82, 2.24) is 16.3 Å². The van der Waals surface area contributed by atoms with Crippen LogP contribution in [0.1, 0.15) is 36.1 Å². The Kier molecular flexibility index (Phi) is 6.79. The van der Waals surface area contributed by atoms with Crippen LogP contribution in [-0.2, 0) is 11.4 Å². The van der Waals surface area contributed by atoms with E-state index in [2.05, 4.69) is 21.4 Å². The van der Waals surface area contributed by atoms with Crippen LogP contribution < -0.4 is 21.0 Å². The molecule has 2 atom stereocenters. The summed E-state index contributed by atoms with van der Waals surface area (Å²) in [6.07, 6.45) is 0.578. The Balaban J connectivity index is 1.33. The molecule has 2 unspecified atom stereocenters. The molecule has 1 saturated heterocycles. The van der Waals surface area contributed by atoms with Crippen LogP contribution in [0.3, 0.4) is 0 Å². The van der Waals surface area contributed by atoms with Crippen LogP contribution in [-0.4, -0.2) is 22.8 Å². The molecule has 164 valence electrons. The lowest BCUT2D eigenvalue weighted by Crippen LogP contribution is -2.41. The van der Waals surface area contributed by atoms with Gasteiger partial charge in [-0.15, -0.1) is 0 Å². The van der Waals surface area contributed by atoms with Crippen LogP contribution in [0.2, 0.25) is 0 Å². The second-order valence-electron chi connectivity index (χ2n) is 7.70. The number of benzene rings is 3. The highest BCUT2D eigenvalue weighted by molar-refractivity contribution is 5.99. The molecule has 4 rings (SSSR count). The second kappa shape index (κ2) is 10.1. The Bertz CT molecular complexity index is 1100. The summed E-state index contributed by atoms with van der Waals surface area (Å²) in [6, 6.07) is 24.2. The minimum absolute atomic E-state index is 0.0258. The molecule has 1 amide bonds. The third kappa shape index (κ3) is 5.51. The van der Waals surface area contributed by atoms with Gasteiger partial charge in [-0.3, -0.25) is 4.79 Å². The van der Waals surface area contributed by atoms with Crippen LogP contribution in [0.25, 0.3) is 0 Å².